The fraction of sp³-hybridized carbons (Fsp3) is 0.417. The van der Waals surface area contributed by atoms with Gasteiger partial charge in [-0.15, -0.1) is 0 Å². The Morgan fingerprint density at radius 3 is 1.95 bits per heavy atom. The number of carbonyl (C=O) groups is 1. The Morgan fingerprint density at radius 1 is 0.895 bits per heavy atom. The molecule has 1 fully saturated rings. The number of rotatable bonds is 2. The number of carbonyl (C=O) groups excluding carboxylic acids is 1. The van der Waals surface area contributed by atoms with Crippen LogP contribution in [0.4, 0.5) is 27.6 Å². The fourth-order valence-electron chi connectivity index (χ4n) is 2.22. The van der Waals surface area contributed by atoms with E-state index in [-0.39, 0.29) is 6.54 Å². The predicted octanol–water partition coefficient (Wildman–Crippen LogP) is 2.94. The Labute approximate surface area is 105 Å². The second kappa shape index (κ2) is 5.14. The molecule has 0 amide bonds. The summed E-state index contributed by atoms with van der Waals surface area (Å²) in [7, 11) is 0. The van der Waals surface area contributed by atoms with Crippen LogP contribution in [0.1, 0.15) is 19.3 Å². The molecular formula is C12H10F5NO. The molecule has 1 unspecified atom stereocenters. The van der Waals surface area contributed by atoms with Gasteiger partial charge in [-0.05, 0) is 19.3 Å². The van der Waals surface area contributed by atoms with Gasteiger partial charge in [0.1, 0.15) is 12.0 Å². The SMILES string of the molecule is O=CC1CCCCN1c1c(F)c(F)c(F)c(F)c1F. The van der Waals surface area contributed by atoms with Crippen LogP contribution in [0.25, 0.3) is 0 Å². The maximum absolute atomic E-state index is 13.6. The molecule has 1 aliphatic rings. The number of halogens is 5. The molecular weight excluding hydrogens is 269 g/mol. The number of piperidine rings is 1. The lowest BCUT2D eigenvalue weighted by Crippen LogP contribution is -2.42. The van der Waals surface area contributed by atoms with Crippen molar-refractivity contribution in [2.75, 3.05) is 11.4 Å². The molecule has 0 saturated carbocycles. The molecule has 0 aromatic heterocycles. The van der Waals surface area contributed by atoms with Gasteiger partial charge in [0.15, 0.2) is 23.3 Å². The lowest BCUT2D eigenvalue weighted by Gasteiger charge is -2.34. The Bertz CT molecular complexity index is 490. The average Bonchev–Trinajstić information content (AvgIpc) is 2.44. The summed E-state index contributed by atoms with van der Waals surface area (Å²) in [6.45, 7) is 0.0712. The summed E-state index contributed by atoms with van der Waals surface area (Å²) in [5.41, 5.74) is -1.02. The Hall–Kier alpha value is -1.66. The molecule has 0 bridgehead atoms. The quantitative estimate of drug-likeness (QED) is 0.359. The van der Waals surface area contributed by atoms with E-state index in [1.54, 1.807) is 0 Å². The van der Waals surface area contributed by atoms with Crippen molar-refractivity contribution in [2.24, 2.45) is 0 Å². The lowest BCUT2D eigenvalue weighted by molar-refractivity contribution is -0.109. The minimum absolute atomic E-state index is 0.0712. The lowest BCUT2D eigenvalue weighted by atomic mass is 10.0. The summed E-state index contributed by atoms with van der Waals surface area (Å²) in [6.07, 6.45) is 1.96. The van der Waals surface area contributed by atoms with E-state index < -0.39 is 40.8 Å². The first-order valence-electron chi connectivity index (χ1n) is 5.72. The van der Waals surface area contributed by atoms with Gasteiger partial charge >= 0.3 is 0 Å². The van der Waals surface area contributed by atoms with Crippen LogP contribution in [-0.4, -0.2) is 18.9 Å². The van der Waals surface area contributed by atoms with E-state index in [0.717, 1.165) is 4.90 Å². The smallest absolute Gasteiger partial charge is 0.200 e. The van der Waals surface area contributed by atoms with Gasteiger partial charge in [-0.2, -0.15) is 0 Å². The number of nitrogens with zero attached hydrogens (tertiary/aromatic N) is 1. The minimum Gasteiger partial charge on any atom is -0.357 e. The normalized spacial score (nSPS) is 19.6. The molecule has 1 aliphatic heterocycles. The second-order valence-electron chi connectivity index (χ2n) is 4.31. The molecule has 2 nitrogen and oxygen atoms in total. The zero-order valence-corrected chi connectivity index (χ0v) is 9.73. The van der Waals surface area contributed by atoms with Crippen LogP contribution in [-0.2, 0) is 4.79 Å². The number of hydrogen-bond acceptors (Lipinski definition) is 2. The highest BCUT2D eigenvalue weighted by molar-refractivity contribution is 5.67. The molecule has 0 radical (unpaired) electrons. The van der Waals surface area contributed by atoms with Crippen LogP contribution in [0.5, 0.6) is 0 Å². The summed E-state index contributed by atoms with van der Waals surface area (Å²) < 4.78 is 66.4. The molecule has 1 saturated heterocycles. The number of benzene rings is 1. The van der Waals surface area contributed by atoms with Crippen molar-refractivity contribution >= 4 is 12.0 Å². The van der Waals surface area contributed by atoms with Crippen molar-refractivity contribution < 1.29 is 26.7 Å². The predicted molar refractivity (Wildman–Crippen MR) is 57.3 cm³/mol. The Morgan fingerprint density at radius 2 is 1.42 bits per heavy atom. The van der Waals surface area contributed by atoms with Gasteiger partial charge in [0.2, 0.25) is 5.82 Å². The molecule has 1 heterocycles. The third-order valence-corrected chi connectivity index (χ3v) is 3.18. The van der Waals surface area contributed by atoms with E-state index in [1.807, 2.05) is 0 Å². The molecule has 0 aliphatic carbocycles. The summed E-state index contributed by atoms with van der Waals surface area (Å²) in [6, 6.07) is -0.873. The monoisotopic (exact) mass is 279 g/mol. The molecule has 1 aromatic rings. The van der Waals surface area contributed by atoms with Gasteiger partial charge < -0.3 is 9.69 Å². The highest BCUT2D eigenvalue weighted by Crippen LogP contribution is 2.33. The van der Waals surface area contributed by atoms with Crippen LogP contribution < -0.4 is 4.90 Å². The third-order valence-electron chi connectivity index (χ3n) is 3.18. The number of aldehydes is 1. The van der Waals surface area contributed by atoms with Crippen molar-refractivity contribution in [3.05, 3.63) is 29.1 Å². The van der Waals surface area contributed by atoms with Gasteiger partial charge in [-0.1, -0.05) is 0 Å². The maximum atomic E-state index is 13.6. The standard InChI is InChI=1S/C12H10F5NO/c13-7-8(14)10(16)12(11(17)9(7)15)18-4-2-1-3-6(18)5-19/h5-6H,1-4H2. The van der Waals surface area contributed by atoms with Crippen molar-refractivity contribution in [1.82, 2.24) is 0 Å². The number of anilines is 1. The van der Waals surface area contributed by atoms with Crippen LogP contribution in [0.15, 0.2) is 0 Å². The first kappa shape index (κ1) is 13.8. The zero-order valence-electron chi connectivity index (χ0n) is 9.73. The van der Waals surface area contributed by atoms with Gasteiger partial charge in [-0.25, -0.2) is 22.0 Å². The van der Waals surface area contributed by atoms with Gasteiger partial charge in [0.25, 0.3) is 0 Å². The van der Waals surface area contributed by atoms with E-state index in [9.17, 15) is 26.7 Å². The molecule has 0 N–H and O–H groups in total. The van der Waals surface area contributed by atoms with Crippen molar-refractivity contribution in [3.63, 3.8) is 0 Å². The van der Waals surface area contributed by atoms with Gasteiger partial charge in [0, 0.05) is 6.54 Å². The molecule has 0 spiro atoms. The van der Waals surface area contributed by atoms with Crippen LogP contribution >= 0.6 is 0 Å². The zero-order chi connectivity index (χ0) is 14.2. The van der Waals surface area contributed by atoms with E-state index in [2.05, 4.69) is 0 Å². The number of hydrogen-bond donors (Lipinski definition) is 0. The molecule has 7 heteroatoms. The summed E-state index contributed by atoms with van der Waals surface area (Å²) in [5, 5.41) is 0. The third kappa shape index (κ3) is 2.17. The molecule has 1 atom stereocenters. The Kier molecular flexibility index (Phi) is 3.73. The summed E-state index contributed by atoms with van der Waals surface area (Å²) in [5.74, 6) is -9.98. The largest absolute Gasteiger partial charge is 0.357 e. The van der Waals surface area contributed by atoms with Gasteiger partial charge in [-0.3, -0.25) is 0 Å². The van der Waals surface area contributed by atoms with Crippen LogP contribution in [0.2, 0.25) is 0 Å². The maximum Gasteiger partial charge on any atom is 0.200 e. The van der Waals surface area contributed by atoms with E-state index in [4.69, 9.17) is 0 Å². The fourth-order valence-corrected chi connectivity index (χ4v) is 2.22. The van der Waals surface area contributed by atoms with E-state index in [1.165, 1.54) is 0 Å². The molecule has 104 valence electrons. The average molecular weight is 279 g/mol. The first-order valence-corrected chi connectivity index (χ1v) is 5.72. The molecule has 19 heavy (non-hydrogen) atoms. The molecule has 1 aromatic carbocycles. The highest BCUT2D eigenvalue weighted by atomic mass is 19.2. The minimum atomic E-state index is -2.20. The van der Waals surface area contributed by atoms with E-state index >= 15 is 0 Å². The highest BCUT2D eigenvalue weighted by Gasteiger charge is 2.33. The van der Waals surface area contributed by atoms with Gasteiger partial charge in [0.05, 0.1) is 6.04 Å². The topological polar surface area (TPSA) is 20.3 Å². The Balaban J connectivity index is 2.58. The molecule has 2 rings (SSSR count). The van der Waals surface area contributed by atoms with Crippen molar-refractivity contribution in [1.29, 1.82) is 0 Å². The van der Waals surface area contributed by atoms with Crippen molar-refractivity contribution in [2.45, 2.75) is 25.3 Å². The first-order chi connectivity index (χ1) is 8.99. The second-order valence-corrected chi connectivity index (χ2v) is 4.31. The summed E-state index contributed by atoms with van der Waals surface area (Å²) >= 11 is 0. The van der Waals surface area contributed by atoms with Crippen LogP contribution in [0.3, 0.4) is 0 Å². The summed E-state index contributed by atoms with van der Waals surface area (Å²) in [4.78, 5) is 11.8. The van der Waals surface area contributed by atoms with E-state index in [0.29, 0.717) is 25.5 Å². The van der Waals surface area contributed by atoms with Crippen molar-refractivity contribution in [3.8, 4) is 0 Å². The van der Waals surface area contributed by atoms with Crippen LogP contribution in [0, 0.1) is 29.1 Å².